The van der Waals surface area contributed by atoms with Crippen LogP contribution in [-0.2, 0) is 16.8 Å². The highest BCUT2D eigenvalue weighted by Crippen LogP contribution is 2.30. The molecule has 2 bridgehead atoms. The molecule has 1 aromatic rings. The molecule has 7 nitrogen and oxygen atoms in total. The van der Waals surface area contributed by atoms with E-state index >= 15 is 0 Å². The maximum atomic E-state index is 12.5. The number of hydrogen-bond donors (Lipinski definition) is 0. The molecule has 0 amide bonds. The highest BCUT2D eigenvalue weighted by atomic mass is 32.2. The van der Waals surface area contributed by atoms with Crippen molar-refractivity contribution in [2.45, 2.75) is 25.4 Å². The predicted octanol–water partition coefficient (Wildman–Crippen LogP) is 0.850. The Bertz CT molecular complexity index is 689. The molecule has 0 spiro atoms. The molecule has 4 heterocycles. The first-order chi connectivity index (χ1) is 11.8. The molecule has 0 aliphatic carbocycles. The lowest BCUT2D eigenvalue weighted by Crippen LogP contribution is -2.45. The van der Waals surface area contributed by atoms with Crippen molar-refractivity contribution in [3.63, 3.8) is 0 Å². The van der Waals surface area contributed by atoms with E-state index in [2.05, 4.69) is 16.0 Å². The molecule has 0 unspecified atom stereocenters. The van der Waals surface area contributed by atoms with Crippen molar-refractivity contribution in [1.29, 1.82) is 0 Å². The number of fused-ring (bicyclic) bond motifs is 4. The summed E-state index contributed by atoms with van der Waals surface area (Å²) in [5.41, 5.74) is 1.18. The molecular weight excluding hydrogens is 338 g/mol. The lowest BCUT2D eigenvalue weighted by Gasteiger charge is -2.36. The maximum Gasteiger partial charge on any atom is 0.281 e. The number of piperidine rings is 1. The molecule has 0 saturated carbocycles. The Hall–Kier alpha value is -1.22. The zero-order valence-corrected chi connectivity index (χ0v) is 16.4. The zero-order valence-electron chi connectivity index (χ0n) is 15.6. The van der Waals surface area contributed by atoms with E-state index in [-0.39, 0.29) is 6.04 Å². The summed E-state index contributed by atoms with van der Waals surface area (Å²) in [7, 11) is 3.84. The molecule has 0 aromatic carbocycles. The summed E-state index contributed by atoms with van der Waals surface area (Å²) in [6.45, 7) is 3.00. The fraction of sp³-hybridized carbons (Fsp3) is 0.706. The van der Waals surface area contributed by atoms with Crippen LogP contribution < -0.4 is 4.90 Å². The molecule has 3 saturated heterocycles. The van der Waals surface area contributed by atoms with E-state index in [0.29, 0.717) is 19.0 Å². The Kier molecular flexibility index (Phi) is 5.34. The van der Waals surface area contributed by atoms with Crippen molar-refractivity contribution >= 4 is 16.0 Å². The van der Waals surface area contributed by atoms with Crippen LogP contribution in [0.4, 0.5) is 5.82 Å². The van der Waals surface area contributed by atoms with Gasteiger partial charge in [-0.1, -0.05) is 6.07 Å². The van der Waals surface area contributed by atoms with Gasteiger partial charge in [0.05, 0.1) is 0 Å². The highest BCUT2D eigenvalue weighted by Gasteiger charge is 2.39. The summed E-state index contributed by atoms with van der Waals surface area (Å²) in [5.74, 6) is 1.35. The molecule has 1 aromatic heterocycles. The second-order valence-corrected chi connectivity index (χ2v) is 9.70. The largest absolute Gasteiger partial charge is 0.363 e. The van der Waals surface area contributed by atoms with Crippen molar-refractivity contribution < 1.29 is 8.42 Å². The lowest BCUT2D eigenvalue weighted by molar-refractivity contribution is 0.125. The van der Waals surface area contributed by atoms with Gasteiger partial charge in [0.2, 0.25) is 0 Å². The summed E-state index contributed by atoms with van der Waals surface area (Å²) in [6, 6.07) is 4.44. The minimum atomic E-state index is -3.34. The van der Waals surface area contributed by atoms with Crippen molar-refractivity contribution in [3.8, 4) is 0 Å². The normalized spacial score (nSPS) is 25.3. The summed E-state index contributed by atoms with van der Waals surface area (Å²) < 4.78 is 28.1. The number of anilines is 1. The minimum absolute atomic E-state index is 0.280. The topological polar surface area (TPSA) is 60.0 Å². The standard InChI is InChI=1S/C17H29N5O2S/c1-19(2)17-8-6-14(9-18-17)10-21-11-15-5-7-16(21)13-22(12-15)25(23,24)20(3)4/h6,8-9,15-16H,5,7,10-13H2,1-4H3/t15-,16-/m1/s1. The van der Waals surface area contributed by atoms with Crippen LogP contribution in [0, 0.1) is 5.92 Å². The van der Waals surface area contributed by atoms with Gasteiger partial charge in [0.15, 0.2) is 0 Å². The van der Waals surface area contributed by atoms with Gasteiger partial charge in [0.1, 0.15) is 5.82 Å². The number of aromatic nitrogens is 1. The maximum absolute atomic E-state index is 12.5. The zero-order chi connectivity index (χ0) is 18.2. The van der Waals surface area contributed by atoms with Crippen LogP contribution in [0.1, 0.15) is 18.4 Å². The Morgan fingerprint density at radius 3 is 2.48 bits per heavy atom. The first-order valence-electron chi connectivity index (χ1n) is 8.81. The summed E-state index contributed by atoms with van der Waals surface area (Å²) in [6.07, 6.45) is 4.11. The van der Waals surface area contributed by atoms with E-state index in [4.69, 9.17) is 0 Å². The Labute approximate surface area is 151 Å². The van der Waals surface area contributed by atoms with Gasteiger partial charge in [-0.25, -0.2) is 4.98 Å². The van der Waals surface area contributed by atoms with Crippen molar-refractivity contribution in [2.24, 2.45) is 5.92 Å². The van der Waals surface area contributed by atoms with Crippen molar-refractivity contribution in [2.75, 3.05) is 52.7 Å². The first kappa shape index (κ1) is 18.6. The van der Waals surface area contributed by atoms with E-state index < -0.39 is 10.2 Å². The van der Waals surface area contributed by atoms with E-state index in [1.54, 1.807) is 18.4 Å². The fourth-order valence-corrected chi connectivity index (χ4v) is 4.98. The number of rotatable bonds is 5. The average Bonchev–Trinajstić information content (AvgIpc) is 2.87. The SMILES string of the molecule is CN(C)c1ccc(CN2C[C@H]3CC[C@@H]2CN(S(=O)(=O)N(C)C)C3)cn1. The third-order valence-electron chi connectivity index (χ3n) is 5.23. The van der Waals surface area contributed by atoms with Crippen LogP contribution in [0.3, 0.4) is 0 Å². The van der Waals surface area contributed by atoms with Crippen LogP contribution in [-0.4, -0.2) is 80.8 Å². The van der Waals surface area contributed by atoms with Crippen LogP contribution in [0.25, 0.3) is 0 Å². The molecule has 2 atom stereocenters. The first-order valence-corrected chi connectivity index (χ1v) is 10.2. The molecule has 25 heavy (non-hydrogen) atoms. The summed E-state index contributed by atoms with van der Waals surface area (Å²) in [5, 5.41) is 0. The molecule has 0 radical (unpaired) electrons. The molecule has 3 aliphatic rings. The predicted molar refractivity (Wildman–Crippen MR) is 99.7 cm³/mol. The third-order valence-corrected chi connectivity index (χ3v) is 7.11. The van der Waals surface area contributed by atoms with E-state index in [1.165, 1.54) is 9.87 Å². The highest BCUT2D eigenvalue weighted by molar-refractivity contribution is 7.86. The molecule has 140 valence electrons. The summed E-state index contributed by atoms with van der Waals surface area (Å²) >= 11 is 0. The quantitative estimate of drug-likeness (QED) is 0.772. The average molecular weight is 368 g/mol. The van der Waals surface area contributed by atoms with Gasteiger partial charge in [-0.05, 0) is 30.4 Å². The molecule has 4 rings (SSSR count). The molecule has 0 N–H and O–H groups in total. The van der Waals surface area contributed by atoms with Crippen LogP contribution in [0.15, 0.2) is 18.3 Å². The third kappa shape index (κ3) is 3.97. The monoisotopic (exact) mass is 367 g/mol. The fourth-order valence-electron chi connectivity index (χ4n) is 3.76. The Morgan fingerprint density at radius 2 is 1.88 bits per heavy atom. The van der Waals surface area contributed by atoms with Crippen LogP contribution in [0.2, 0.25) is 0 Å². The number of hydrogen-bond acceptors (Lipinski definition) is 5. The van der Waals surface area contributed by atoms with Gasteiger partial charge < -0.3 is 4.90 Å². The summed E-state index contributed by atoms with van der Waals surface area (Å²) in [4.78, 5) is 8.92. The van der Waals surface area contributed by atoms with E-state index in [9.17, 15) is 8.42 Å². The van der Waals surface area contributed by atoms with Crippen LogP contribution in [0.5, 0.6) is 0 Å². The van der Waals surface area contributed by atoms with Crippen LogP contribution >= 0.6 is 0 Å². The van der Waals surface area contributed by atoms with E-state index in [1.807, 2.05) is 31.3 Å². The van der Waals surface area contributed by atoms with Gasteiger partial charge in [0, 0.05) is 66.6 Å². The van der Waals surface area contributed by atoms with Gasteiger partial charge in [-0.2, -0.15) is 17.0 Å². The Morgan fingerprint density at radius 1 is 1.12 bits per heavy atom. The molecule has 8 heteroatoms. The van der Waals surface area contributed by atoms with Crippen molar-refractivity contribution in [3.05, 3.63) is 23.9 Å². The van der Waals surface area contributed by atoms with Crippen molar-refractivity contribution in [1.82, 2.24) is 18.5 Å². The molecule has 3 fully saturated rings. The van der Waals surface area contributed by atoms with Gasteiger partial charge in [0.25, 0.3) is 10.2 Å². The number of pyridine rings is 1. The smallest absolute Gasteiger partial charge is 0.281 e. The molecule has 3 aliphatic heterocycles. The van der Waals surface area contributed by atoms with Gasteiger partial charge in [-0.3, -0.25) is 4.90 Å². The minimum Gasteiger partial charge on any atom is -0.363 e. The lowest BCUT2D eigenvalue weighted by atomic mass is 9.94. The number of nitrogens with zero attached hydrogens (tertiary/aromatic N) is 5. The molecular formula is C17H29N5O2S. The van der Waals surface area contributed by atoms with E-state index in [0.717, 1.165) is 31.7 Å². The van der Waals surface area contributed by atoms with Gasteiger partial charge in [-0.15, -0.1) is 0 Å². The second-order valence-electron chi connectivity index (χ2n) is 7.55. The Balaban J connectivity index is 1.72. The van der Waals surface area contributed by atoms with Gasteiger partial charge >= 0.3 is 0 Å². The second kappa shape index (κ2) is 7.19.